The summed E-state index contributed by atoms with van der Waals surface area (Å²) in [5.74, 6) is 1.14. The van der Waals surface area contributed by atoms with Crippen LogP contribution >= 0.6 is 0 Å². The molecule has 1 saturated carbocycles. The molecule has 0 unspecified atom stereocenters. The van der Waals surface area contributed by atoms with Crippen LogP contribution in [0.5, 0.6) is 0 Å². The van der Waals surface area contributed by atoms with Crippen molar-refractivity contribution in [2.24, 2.45) is 17.8 Å². The summed E-state index contributed by atoms with van der Waals surface area (Å²) in [6, 6.07) is 14.5. The first-order chi connectivity index (χ1) is 15.1. The molecule has 0 radical (unpaired) electrons. The third-order valence-corrected chi connectivity index (χ3v) is 7.17. The molecule has 2 aromatic rings. The summed E-state index contributed by atoms with van der Waals surface area (Å²) < 4.78 is 0. The van der Waals surface area contributed by atoms with Crippen molar-refractivity contribution in [1.29, 1.82) is 0 Å². The Morgan fingerprint density at radius 2 is 1.71 bits per heavy atom. The third-order valence-electron chi connectivity index (χ3n) is 7.17. The topological polar surface area (TPSA) is 69.7 Å². The monoisotopic (exact) mass is 413 g/mol. The molecule has 1 fully saturated rings. The summed E-state index contributed by atoms with van der Waals surface area (Å²) >= 11 is 0. The molecule has 0 aromatic heterocycles. The van der Waals surface area contributed by atoms with E-state index in [2.05, 4.69) is 17.5 Å². The molecular formula is C25H23N3O3. The van der Waals surface area contributed by atoms with Crippen LogP contribution in [0.3, 0.4) is 0 Å². The molecule has 4 atom stereocenters. The number of nitrogens with zero attached hydrogens (tertiary/aromatic N) is 2. The van der Waals surface area contributed by atoms with E-state index in [0.29, 0.717) is 41.1 Å². The van der Waals surface area contributed by atoms with Gasteiger partial charge in [0.05, 0.1) is 11.3 Å². The molecule has 4 aliphatic rings. The van der Waals surface area contributed by atoms with Crippen LogP contribution in [0.4, 0.5) is 5.69 Å². The van der Waals surface area contributed by atoms with Crippen molar-refractivity contribution >= 4 is 23.4 Å². The number of amides is 3. The van der Waals surface area contributed by atoms with Crippen LogP contribution in [-0.4, -0.2) is 35.7 Å². The molecule has 6 rings (SSSR count). The predicted molar refractivity (Wildman–Crippen MR) is 115 cm³/mol. The van der Waals surface area contributed by atoms with Crippen molar-refractivity contribution in [2.75, 3.05) is 18.0 Å². The molecule has 6 nitrogen and oxygen atoms in total. The zero-order valence-corrected chi connectivity index (χ0v) is 17.0. The van der Waals surface area contributed by atoms with Crippen molar-refractivity contribution in [1.82, 2.24) is 10.2 Å². The SMILES string of the molecule is O=C(CN1C(=O)c2ccccc2N2C(=O)c3ccccc3[C@@H]12)NC[C@@H]1C[C@H]2C=C[C@H]1C2. The summed E-state index contributed by atoms with van der Waals surface area (Å²) in [6.45, 7) is 0.555. The Bertz CT molecular complexity index is 1140. The second-order valence-corrected chi connectivity index (χ2v) is 8.93. The number of hydrogen-bond acceptors (Lipinski definition) is 3. The highest BCUT2D eigenvalue weighted by Gasteiger charge is 2.48. The van der Waals surface area contributed by atoms with Gasteiger partial charge in [-0.15, -0.1) is 0 Å². The van der Waals surface area contributed by atoms with Crippen molar-refractivity contribution in [3.8, 4) is 0 Å². The van der Waals surface area contributed by atoms with Crippen molar-refractivity contribution in [3.05, 3.63) is 77.4 Å². The Balaban J connectivity index is 1.28. The van der Waals surface area contributed by atoms with Gasteiger partial charge in [-0.1, -0.05) is 42.5 Å². The lowest BCUT2D eigenvalue weighted by atomic mass is 9.93. The number of hydrogen-bond donors (Lipinski definition) is 1. The normalized spacial score (nSPS) is 27.4. The van der Waals surface area contributed by atoms with E-state index in [4.69, 9.17) is 0 Å². The van der Waals surface area contributed by atoms with Gasteiger partial charge in [-0.25, -0.2) is 0 Å². The standard InChI is InChI=1S/C25H23N3O3/c29-22(26-13-17-12-15-9-10-16(17)11-15)14-27-23-18-5-1-2-6-19(18)25(31)28(23)21-8-4-3-7-20(21)24(27)30/h1-10,15-17,23H,11-14H2,(H,26,29)/t15-,16-,17-,23-/m0/s1. The van der Waals surface area contributed by atoms with E-state index in [1.165, 1.54) is 11.3 Å². The first-order valence-electron chi connectivity index (χ1n) is 10.9. The second kappa shape index (κ2) is 6.80. The number of anilines is 1. The summed E-state index contributed by atoms with van der Waals surface area (Å²) in [6.07, 6.45) is 6.28. The van der Waals surface area contributed by atoms with Crippen molar-refractivity contribution in [3.63, 3.8) is 0 Å². The Labute approximate surface area is 180 Å². The number of para-hydroxylation sites is 1. The van der Waals surface area contributed by atoms with Crippen LogP contribution in [0.1, 0.15) is 45.3 Å². The summed E-state index contributed by atoms with van der Waals surface area (Å²) in [5.41, 5.74) is 2.40. The lowest BCUT2D eigenvalue weighted by molar-refractivity contribution is -0.122. The number of nitrogens with one attached hydrogen (secondary N) is 1. The molecule has 0 spiro atoms. The molecule has 3 amide bonds. The molecule has 2 heterocycles. The fourth-order valence-corrected chi connectivity index (χ4v) is 5.72. The van der Waals surface area contributed by atoms with Gasteiger partial charge in [-0.05, 0) is 48.8 Å². The van der Waals surface area contributed by atoms with E-state index >= 15 is 0 Å². The smallest absolute Gasteiger partial charge is 0.260 e. The first kappa shape index (κ1) is 18.4. The van der Waals surface area contributed by atoms with Gasteiger partial charge in [-0.2, -0.15) is 0 Å². The number of carbonyl (C=O) groups is 3. The molecule has 1 N–H and O–H groups in total. The highest BCUT2D eigenvalue weighted by atomic mass is 16.2. The lowest BCUT2D eigenvalue weighted by Gasteiger charge is -2.40. The van der Waals surface area contributed by atoms with Crippen LogP contribution in [-0.2, 0) is 4.79 Å². The van der Waals surface area contributed by atoms with Crippen LogP contribution in [0.2, 0.25) is 0 Å². The minimum Gasteiger partial charge on any atom is -0.354 e. The van der Waals surface area contributed by atoms with Gasteiger partial charge in [0.25, 0.3) is 11.8 Å². The fourth-order valence-electron chi connectivity index (χ4n) is 5.72. The molecule has 2 bridgehead atoms. The van der Waals surface area contributed by atoms with Crippen molar-refractivity contribution < 1.29 is 14.4 Å². The number of fused-ring (bicyclic) bond motifs is 7. The van der Waals surface area contributed by atoms with Crippen LogP contribution in [0, 0.1) is 17.8 Å². The quantitative estimate of drug-likeness (QED) is 0.783. The zero-order chi connectivity index (χ0) is 21.1. The molecular weight excluding hydrogens is 390 g/mol. The average molecular weight is 413 g/mol. The average Bonchev–Trinajstić information content (AvgIpc) is 3.49. The number of carbonyl (C=O) groups excluding carboxylic acids is 3. The van der Waals surface area contributed by atoms with Gasteiger partial charge in [0.1, 0.15) is 12.7 Å². The molecule has 2 aromatic carbocycles. The predicted octanol–water partition coefficient (Wildman–Crippen LogP) is 3.13. The Morgan fingerprint density at radius 1 is 0.935 bits per heavy atom. The minimum absolute atomic E-state index is 0.0768. The Hall–Kier alpha value is -3.41. The molecule has 156 valence electrons. The van der Waals surface area contributed by atoms with E-state index in [9.17, 15) is 14.4 Å². The van der Waals surface area contributed by atoms with E-state index in [0.717, 1.165) is 12.0 Å². The maximum atomic E-state index is 13.4. The van der Waals surface area contributed by atoms with Gasteiger partial charge in [0.2, 0.25) is 5.91 Å². The van der Waals surface area contributed by atoms with Crippen LogP contribution in [0.15, 0.2) is 60.7 Å². The zero-order valence-electron chi connectivity index (χ0n) is 17.0. The summed E-state index contributed by atoms with van der Waals surface area (Å²) in [7, 11) is 0. The van der Waals surface area contributed by atoms with E-state index in [-0.39, 0.29) is 24.3 Å². The minimum atomic E-state index is -0.595. The van der Waals surface area contributed by atoms with E-state index < -0.39 is 6.17 Å². The number of benzene rings is 2. The van der Waals surface area contributed by atoms with Gasteiger partial charge < -0.3 is 10.2 Å². The first-order valence-corrected chi connectivity index (χ1v) is 10.9. The largest absolute Gasteiger partial charge is 0.354 e. The molecule has 2 aliphatic heterocycles. The lowest BCUT2D eigenvalue weighted by Crippen LogP contribution is -2.51. The highest BCUT2D eigenvalue weighted by Crippen LogP contribution is 2.45. The number of rotatable bonds is 4. The third kappa shape index (κ3) is 2.74. The molecule has 0 saturated heterocycles. The van der Waals surface area contributed by atoms with Crippen LogP contribution < -0.4 is 10.2 Å². The van der Waals surface area contributed by atoms with E-state index in [1.54, 1.807) is 29.2 Å². The van der Waals surface area contributed by atoms with Crippen molar-refractivity contribution in [2.45, 2.75) is 19.0 Å². The molecule has 31 heavy (non-hydrogen) atoms. The maximum Gasteiger partial charge on any atom is 0.260 e. The van der Waals surface area contributed by atoms with Gasteiger partial charge in [0, 0.05) is 17.7 Å². The van der Waals surface area contributed by atoms with E-state index in [1.807, 2.05) is 24.3 Å². The fraction of sp³-hybridized carbons (Fsp3) is 0.320. The molecule has 2 aliphatic carbocycles. The van der Waals surface area contributed by atoms with Crippen LogP contribution in [0.25, 0.3) is 0 Å². The van der Waals surface area contributed by atoms with Gasteiger partial charge in [-0.3, -0.25) is 19.3 Å². The molecule has 6 heteroatoms. The maximum absolute atomic E-state index is 13.4. The van der Waals surface area contributed by atoms with Gasteiger partial charge in [0.15, 0.2) is 0 Å². The second-order valence-electron chi connectivity index (χ2n) is 8.93. The summed E-state index contributed by atoms with van der Waals surface area (Å²) in [5, 5.41) is 3.05. The Morgan fingerprint density at radius 3 is 2.48 bits per heavy atom. The summed E-state index contributed by atoms with van der Waals surface area (Å²) in [4.78, 5) is 42.6. The highest BCUT2D eigenvalue weighted by molar-refractivity contribution is 6.17. The Kier molecular flexibility index (Phi) is 4.03. The van der Waals surface area contributed by atoms with Gasteiger partial charge >= 0.3 is 0 Å². The number of allylic oxidation sites excluding steroid dienone is 2.